The van der Waals surface area contributed by atoms with E-state index in [-0.39, 0.29) is 18.4 Å². The molecule has 2 N–H and O–H groups in total. The summed E-state index contributed by atoms with van der Waals surface area (Å²) in [5, 5.41) is 3.85. The Balaban J connectivity index is 1.77. The largest absolute Gasteiger partial charge is 0.454 e. The molecule has 154 valence electrons. The van der Waals surface area contributed by atoms with Crippen LogP contribution in [0.3, 0.4) is 0 Å². The minimum Gasteiger partial charge on any atom is -0.454 e. The molecule has 1 aliphatic rings. The van der Waals surface area contributed by atoms with Crippen molar-refractivity contribution in [1.29, 1.82) is 0 Å². The normalized spacial score (nSPS) is 13.2. The van der Waals surface area contributed by atoms with Crippen LogP contribution in [0.25, 0.3) is 0 Å². The summed E-state index contributed by atoms with van der Waals surface area (Å²) < 4.78 is 87.6. The van der Waals surface area contributed by atoms with E-state index in [0.717, 1.165) is 0 Å². The second-order valence-electron chi connectivity index (χ2n) is 5.77. The first-order valence-corrected chi connectivity index (χ1v) is 8.16. The van der Waals surface area contributed by atoms with Gasteiger partial charge in [0.05, 0.1) is 11.1 Å². The fourth-order valence-corrected chi connectivity index (χ4v) is 2.61. The average Bonchev–Trinajstić information content (AvgIpc) is 3.07. The quantitative estimate of drug-likeness (QED) is 0.533. The van der Waals surface area contributed by atoms with Crippen molar-refractivity contribution < 1.29 is 40.6 Å². The van der Waals surface area contributed by atoms with Crippen molar-refractivity contribution in [2.24, 2.45) is 0 Å². The maximum absolute atomic E-state index is 12.9. The molecule has 0 aliphatic carbocycles. The van der Waals surface area contributed by atoms with Crippen molar-refractivity contribution in [2.75, 3.05) is 12.1 Å². The van der Waals surface area contributed by atoms with Gasteiger partial charge in [-0.2, -0.15) is 26.3 Å². The molecule has 0 unspecified atom stereocenters. The summed E-state index contributed by atoms with van der Waals surface area (Å²) in [4.78, 5) is 12.2. The van der Waals surface area contributed by atoms with Gasteiger partial charge in [-0.25, -0.2) is 0 Å². The topological polar surface area (TPSA) is 59.6 Å². The van der Waals surface area contributed by atoms with Crippen LogP contribution in [-0.4, -0.2) is 17.8 Å². The standard InChI is InChI=1S/C17H10F6N2O3S/c18-16(19,20)9-4-10(17(21,22)23)6-11(5-9)24-15(29)25-14(26)8-1-2-12-13(3-8)28-7-27-12/h1-6H,7H2,(H2,24,25,26,29). The lowest BCUT2D eigenvalue weighted by Gasteiger charge is -2.16. The Bertz CT molecular complexity index is 942. The maximum atomic E-state index is 12.9. The molecule has 3 rings (SSSR count). The number of thiocarbonyl (C=S) groups is 1. The summed E-state index contributed by atoms with van der Waals surface area (Å²) >= 11 is 4.82. The number of carbonyl (C=O) groups excluding carboxylic acids is 1. The smallest absolute Gasteiger partial charge is 0.416 e. The number of benzene rings is 2. The molecule has 1 amide bonds. The number of nitrogens with one attached hydrogen (secondary N) is 2. The molecule has 0 saturated heterocycles. The molecule has 1 aliphatic heterocycles. The van der Waals surface area contributed by atoms with Crippen molar-refractivity contribution in [3.63, 3.8) is 0 Å². The molecule has 29 heavy (non-hydrogen) atoms. The van der Waals surface area contributed by atoms with Gasteiger partial charge in [-0.1, -0.05) is 0 Å². The predicted molar refractivity (Wildman–Crippen MR) is 92.7 cm³/mol. The van der Waals surface area contributed by atoms with Crippen LogP contribution in [0.1, 0.15) is 21.5 Å². The zero-order valence-electron chi connectivity index (χ0n) is 14.1. The number of hydrogen-bond acceptors (Lipinski definition) is 4. The van der Waals surface area contributed by atoms with Crippen LogP contribution in [0.15, 0.2) is 36.4 Å². The third-order valence-corrected chi connectivity index (χ3v) is 3.91. The van der Waals surface area contributed by atoms with E-state index in [4.69, 9.17) is 21.7 Å². The first-order valence-electron chi connectivity index (χ1n) is 7.75. The summed E-state index contributed by atoms with van der Waals surface area (Å²) in [6, 6.07) is 5.10. The van der Waals surface area contributed by atoms with E-state index in [1.165, 1.54) is 18.2 Å². The van der Waals surface area contributed by atoms with Crippen molar-refractivity contribution in [1.82, 2.24) is 5.32 Å². The van der Waals surface area contributed by atoms with Crippen molar-refractivity contribution in [3.8, 4) is 11.5 Å². The second kappa shape index (κ2) is 7.43. The van der Waals surface area contributed by atoms with Crippen molar-refractivity contribution in [3.05, 3.63) is 53.1 Å². The fraction of sp³-hybridized carbons (Fsp3) is 0.176. The van der Waals surface area contributed by atoms with Crippen molar-refractivity contribution in [2.45, 2.75) is 12.4 Å². The Labute approximate surface area is 164 Å². The molecular formula is C17H10F6N2O3S. The molecule has 0 radical (unpaired) electrons. The predicted octanol–water partition coefficient (Wildman–Crippen LogP) is 4.58. The number of halogens is 6. The highest BCUT2D eigenvalue weighted by Crippen LogP contribution is 2.37. The average molecular weight is 436 g/mol. The Morgan fingerprint density at radius 1 is 0.897 bits per heavy atom. The summed E-state index contributed by atoms with van der Waals surface area (Å²) in [6.07, 6.45) is -10.0. The third kappa shape index (κ3) is 4.88. The highest BCUT2D eigenvalue weighted by atomic mass is 32.1. The number of alkyl halides is 6. The summed E-state index contributed by atoms with van der Waals surface area (Å²) in [5.74, 6) is -0.0149. The van der Waals surface area contributed by atoms with E-state index in [2.05, 4.69) is 10.6 Å². The molecule has 0 saturated carbocycles. The molecule has 0 atom stereocenters. The van der Waals surface area contributed by atoms with Crippen molar-refractivity contribution >= 4 is 28.9 Å². The third-order valence-electron chi connectivity index (χ3n) is 3.71. The van der Waals surface area contributed by atoms with Gasteiger partial charge in [0.1, 0.15) is 0 Å². The molecule has 2 aromatic rings. The lowest BCUT2D eigenvalue weighted by atomic mass is 10.1. The Morgan fingerprint density at radius 3 is 2.07 bits per heavy atom. The van der Waals surface area contributed by atoms with E-state index < -0.39 is 40.2 Å². The summed E-state index contributed by atoms with van der Waals surface area (Å²) in [5.41, 5.74) is -3.51. The van der Waals surface area contributed by atoms with Gasteiger partial charge in [0.15, 0.2) is 16.6 Å². The van der Waals surface area contributed by atoms with Gasteiger partial charge in [0.2, 0.25) is 6.79 Å². The Kier molecular flexibility index (Phi) is 5.30. The summed E-state index contributed by atoms with van der Waals surface area (Å²) in [7, 11) is 0. The van der Waals surface area contributed by atoms with Gasteiger partial charge in [-0.15, -0.1) is 0 Å². The molecule has 5 nitrogen and oxygen atoms in total. The van der Waals surface area contributed by atoms with Gasteiger partial charge in [-0.05, 0) is 48.6 Å². The lowest BCUT2D eigenvalue weighted by Crippen LogP contribution is -2.34. The van der Waals surface area contributed by atoms with Gasteiger partial charge in [0.25, 0.3) is 5.91 Å². The summed E-state index contributed by atoms with van der Waals surface area (Å²) in [6.45, 7) is -0.0164. The van der Waals surface area contributed by atoms with Gasteiger partial charge < -0.3 is 14.8 Å². The van der Waals surface area contributed by atoms with Gasteiger partial charge >= 0.3 is 12.4 Å². The molecule has 0 spiro atoms. The Hall–Kier alpha value is -3.02. The Morgan fingerprint density at radius 2 is 1.48 bits per heavy atom. The number of ether oxygens (including phenoxy) is 2. The number of anilines is 1. The zero-order chi connectivity index (χ0) is 21.4. The lowest BCUT2D eigenvalue weighted by molar-refractivity contribution is -0.143. The monoisotopic (exact) mass is 436 g/mol. The molecule has 0 aromatic heterocycles. The molecule has 0 bridgehead atoms. The van der Waals surface area contributed by atoms with Crippen LogP contribution in [-0.2, 0) is 12.4 Å². The van der Waals surface area contributed by atoms with Crippen LogP contribution in [0.5, 0.6) is 11.5 Å². The van der Waals surface area contributed by atoms with Crippen LogP contribution < -0.4 is 20.1 Å². The fourth-order valence-electron chi connectivity index (χ4n) is 2.40. The molecule has 1 heterocycles. The van der Waals surface area contributed by atoms with Gasteiger partial charge in [-0.3, -0.25) is 10.1 Å². The van der Waals surface area contributed by atoms with Crippen LogP contribution in [0.4, 0.5) is 32.0 Å². The van der Waals surface area contributed by atoms with E-state index in [9.17, 15) is 31.1 Å². The van der Waals surface area contributed by atoms with Gasteiger partial charge in [0, 0.05) is 11.3 Å². The van der Waals surface area contributed by atoms with Crippen LogP contribution in [0, 0.1) is 0 Å². The van der Waals surface area contributed by atoms with Crippen LogP contribution >= 0.6 is 12.2 Å². The number of rotatable bonds is 2. The van der Waals surface area contributed by atoms with E-state index in [1.807, 2.05) is 0 Å². The first kappa shape index (κ1) is 20.7. The van der Waals surface area contributed by atoms with E-state index >= 15 is 0 Å². The molecule has 12 heteroatoms. The number of carbonyl (C=O) groups is 1. The molecular weight excluding hydrogens is 426 g/mol. The molecule has 0 fully saturated rings. The highest BCUT2D eigenvalue weighted by Gasteiger charge is 2.37. The maximum Gasteiger partial charge on any atom is 0.416 e. The first-order chi connectivity index (χ1) is 13.4. The minimum absolute atomic E-state index is 0.0145. The highest BCUT2D eigenvalue weighted by molar-refractivity contribution is 7.80. The van der Waals surface area contributed by atoms with E-state index in [0.29, 0.717) is 23.6 Å². The SMILES string of the molecule is O=C(NC(=S)Nc1cc(C(F)(F)F)cc(C(F)(F)F)c1)c1ccc2c(c1)OCO2. The van der Waals surface area contributed by atoms with E-state index in [1.54, 1.807) is 0 Å². The second-order valence-corrected chi connectivity index (χ2v) is 6.18. The van der Waals surface area contributed by atoms with Crippen LogP contribution in [0.2, 0.25) is 0 Å². The number of fused-ring (bicyclic) bond motifs is 1. The number of hydrogen-bond donors (Lipinski definition) is 2. The molecule has 2 aromatic carbocycles. The zero-order valence-corrected chi connectivity index (χ0v) is 14.9. The number of amides is 1. The minimum atomic E-state index is -5.00.